The number of carbonyl (C=O) groups is 3. The third-order valence-corrected chi connectivity index (χ3v) is 15.4. The van der Waals surface area contributed by atoms with Crippen LogP contribution in [0.2, 0.25) is 0 Å². The smallest absolute Gasteiger partial charge is 0.306 e. The highest BCUT2D eigenvalue weighted by atomic mass is 16.6. The van der Waals surface area contributed by atoms with Gasteiger partial charge in [0.1, 0.15) is 13.2 Å². The van der Waals surface area contributed by atoms with Gasteiger partial charge in [0.15, 0.2) is 6.10 Å². The first-order valence-corrected chi connectivity index (χ1v) is 35.1. The SMILES string of the molecule is CC/C=C\C/C=C\C/C=C\C/C=C\CCCCCCCCCCCCCCCCCCC(=O)OCC(COC(=O)CCCCCCC/C=C\CCCC)OC(=O)CCCCCCCCCCCCC/C=C\C/C=C\CCCCCCC. The maximum absolute atomic E-state index is 12.9. The van der Waals surface area contributed by atoms with E-state index in [1.807, 2.05) is 0 Å². The molecule has 6 nitrogen and oxygen atoms in total. The highest BCUT2D eigenvalue weighted by molar-refractivity contribution is 5.71. The summed E-state index contributed by atoms with van der Waals surface area (Å²) in [5, 5.41) is 0. The van der Waals surface area contributed by atoms with Crippen LogP contribution >= 0.6 is 0 Å². The predicted molar refractivity (Wildman–Crippen MR) is 353 cm³/mol. The van der Waals surface area contributed by atoms with Crippen LogP contribution in [0, 0.1) is 0 Å². The van der Waals surface area contributed by atoms with Crippen molar-refractivity contribution in [2.45, 2.75) is 361 Å². The summed E-state index contributed by atoms with van der Waals surface area (Å²) in [5.41, 5.74) is 0. The quantitative estimate of drug-likeness (QED) is 0.0261. The van der Waals surface area contributed by atoms with Gasteiger partial charge in [0.2, 0.25) is 0 Å². The topological polar surface area (TPSA) is 78.9 Å². The van der Waals surface area contributed by atoms with E-state index < -0.39 is 6.10 Å². The Kier molecular flexibility index (Phi) is 66.2. The summed E-state index contributed by atoms with van der Waals surface area (Å²) < 4.78 is 17.0. The maximum Gasteiger partial charge on any atom is 0.306 e. The first-order valence-electron chi connectivity index (χ1n) is 35.1. The standard InChI is InChI=1S/C75H132O6/c1-4-7-10-13-16-19-22-24-26-28-30-32-34-35-36-37-38-39-41-42-44-46-48-50-53-56-59-62-65-68-74(77)80-71-72(70-79-73(76)67-64-61-58-55-52-21-18-15-12-9-6-3)81-75(78)69-66-63-60-57-54-51-49-47-45-43-40-33-31-29-27-25-23-20-17-14-11-8-5-2/h7,10,15-16,18-19,23-26,29-32,72H,4-6,8-9,11-14,17,20-22,27-28,33-71H2,1-3H3/b10-7-,18-15-,19-16-,25-23-,26-24-,31-29-,32-30-. The van der Waals surface area contributed by atoms with Gasteiger partial charge < -0.3 is 14.2 Å². The van der Waals surface area contributed by atoms with Gasteiger partial charge in [-0.2, -0.15) is 0 Å². The van der Waals surface area contributed by atoms with Gasteiger partial charge in [0.05, 0.1) is 0 Å². The molecule has 0 aliphatic rings. The second kappa shape index (κ2) is 69.1. The molecular weight excluding hydrogens is 997 g/mol. The summed E-state index contributed by atoms with van der Waals surface area (Å²) in [6, 6.07) is 0. The largest absolute Gasteiger partial charge is 0.462 e. The molecule has 0 amide bonds. The molecule has 0 spiro atoms. The molecule has 468 valence electrons. The van der Waals surface area contributed by atoms with Crippen LogP contribution in [0.1, 0.15) is 355 Å². The van der Waals surface area contributed by atoms with E-state index in [9.17, 15) is 14.4 Å². The average molecular weight is 1130 g/mol. The number of ether oxygens (including phenoxy) is 3. The number of unbranched alkanes of at least 4 members (excludes halogenated alkanes) is 39. The zero-order valence-electron chi connectivity index (χ0n) is 53.8. The van der Waals surface area contributed by atoms with E-state index in [0.717, 1.165) is 96.3 Å². The molecule has 0 saturated heterocycles. The Morgan fingerprint density at radius 2 is 0.494 bits per heavy atom. The normalized spacial score (nSPS) is 12.6. The van der Waals surface area contributed by atoms with Crippen LogP contribution in [0.5, 0.6) is 0 Å². The summed E-state index contributed by atoms with van der Waals surface area (Å²) in [7, 11) is 0. The van der Waals surface area contributed by atoms with E-state index in [1.54, 1.807) is 0 Å². The van der Waals surface area contributed by atoms with E-state index in [0.29, 0.717) is 19.3 Å². The fourth-order valence-corrected chi connectivity index (χ4v) is 10.1. The van der Waals surface area contributed by atoms with Gasteiger partial charge >= 0.3 is 17.9 Å². The molecule has 0 N–H and O–H groups in total. The summed E-state index contributed by atoms with van der Waals surface area (Å²) in [4.78, 5) is 38.4. The molecule has 0 aliphatic heterocycles. The van der Waals surface area contributed by atoms with Crippen LogP contribution in [-0.4, -0.2) is 37.2 Å². The van der Waals surface area contributed by atoms with Gasteiger partial charge in [-0.15, -0.1) is 0 Å². The number of rotatable bonds is 64. The second-order valence-electron chi connectivity index (χ2n) is 23.4. The molecule has 0 bridgehead atoms. The Morgan fingerprint density at radius 3 is 0.802 bits per heavy atom. The second-order valence-corrected chi connectivity index (χ2v) is 23.4. The molecule has 0 aromatic rings. The van der Waals surface area contributed by atoms with Crippen molar-refractivity contribution in [3.8, 4) is 0 Å². The number of allylic oxidation sites excluding steroid dienone is 14. The first-order chi connectivity index (χ1) is 40.0. The van der Waals surface area contributed by atoms with E-state index in [2.05, 4.69) is 106 Å². The lowest BCUT2D eigenvalue weighted by Crippen LogP contribution is -2.30. The van der Waals surface area contributed by atoms with E-state index >= 15 is 0 Å². The first kappa shape index (κ1) is 77.6. The van der Waals surface area contributed by atoms with Crippen LogP contribution in [-0.2, 0) is 28.6 Å². The monoisotopic (exact) mass is 1130 g/mol. The molecule has 0 radical (unpaired) electrons. The Hall–Kier alpha value is -3.41. The van der Waals surface area contributed by atoms with Gasteiger partial charge in [-0.05, 0) is 109 Å². The van der Waals surface area contributed by atoms with Crippen molar-refractivity contribution in [1.29, 1.82) is 0 Å². The average Bonchev–Trinajstić information content (AvgIpc) is 3.47. The lowest BCUT2D eigenvalue weighted by atomic mass is 10.0. The van der Waals surface area contributed by atoms with Gasteiger partial charge in [-0.3, -0.25) is 14.4 Å². The van der Waals surface area contributed by atoms with Crippen LogP contribution < -0.4 is 0 Å². The van der Waals surface area contributed by atoms with Crippen molar-refractivity contribution in [2.24, 2.45) is 0 Å². The van der Waals surface area contributed by atoms with Gasteiger partial charge in [-0.1, -0.05) is 311 Å². The van der Waals surface area contributed by atoms with Crippen LogP contribution in [0.25, 0.3) is 0 Å². The summed E-state index contributed by atoms with van der Waals surface area (Å²) in [5.74, 6) is -0.872. The van der Waals surface area contributed by atoms with Crippen molar-refractivity contribution in [3.63, 3.8) is 0 Å². The molecule has 0 aliphatic carbocycles. The zero-order valence-corrected chi connectivity index (χ0v) is 53.8. The molecule has 0 saturated carbocycles. The summed E-state index contributed by atoms with van der Waals surface area (Å²) in [6.45, 7) is 6.51. The lowest BCUT2D eigenvalue weighted by molar-refractivity contribution is -0.167. The zero-order chi connectivity index (χ0) is 58.5. The Balaban J connectivity index is 4.19. The third-order valence-electron chi connectivity index (χ3n) is 15.4. The van der Waals surface area contributed by atoms with Crippen molar-refractivity contribution in [1.82, 2.24) is 0 Å². The van der Waals surface area contributed by atoms with Gasteiger partial charge in [0.25, 0.3) is 0 Å². The molecular formula is C75H132O6. The fourth-order valence-electron chi connectivity index (χ4n) is 10.1. The molecule has 0 rings (SSSR count). The maximum atomic E-state index is 12.9. The van der Waals surface area contributed by atoms with Crippen molar-refractivity contribution >= 4 is 17.9 Å². The highest BCUT2D eigenvalue weighted by Gasteiger charge is 2.19. The molecule has 81 heavy (non-hydrogen) atoms. The minimum Gasteiger partial charge on any atom is -0.462 e. The van der Waals surface area contributed by atoms with Crippen molar-refractivity contribution in [2.75, 3.05) is 13.2 Å². The molecule has 0 aromatic heterocycles. The minimum absolute atomic E-state index is 0.0766. The van der Waals surface area contributed by atoms with E-state index in [-0.39, 0.29) is 31.1 Å². The molecule has 1 atom stereocenters. The van der Waals surface area contributed by atoms with Crippen molar-refractivity contribution < 1.29 is 28.6 Å². The molecule has 0 heterocycles. The van der Waals surface area contributed by atoms with E-state index in [1.165, 1.54) is 218 Å². The van der Waals surface area contributed by atoms with Gasteiger partial charge in [-0.25, -0.2) is 0 Å². The lowest BCUT2D eigenvalue weighted by Gasteiger charge is -2.18. The minimum atomic E-state index is -0.781. The number of hydrogen-bond donors (Lipinski definition) is 0. The van der Waals surface area contributed by atoms with Crippen LogP contribution in [0.4, 0.5) is 0 Å². The molecule has 0 aromatic carbocycles. The molecule has 0 fully saturated rings. The van der Waals surface area contributed by atoms with E-state index in [4.69, 9.17) is 14.2 Å². The van der Waals surface area contributed by atoms with Crippen LogP contribution in [0.3, 0.4) is 0 Å². The van der Waals surface area contributed by atoms with Crippen molar-refractivity contribution in [3.05, 3.63) is 85.1 Å². The molecule has 6 heteroatoms. The Morgan fingerprint density at radius 1 is 0.259 bits per heavy atom. The summed E-state index contributed by atoms with van der Waals surface area (Å²) in [6.07, 6.45) is 91.9. The summed E-state index contributed by atoms with van der Waals surface area (Å²) >= 11 is 0. The number of esters is 3. The van der Waals surface area contributed by atoms with Gasteiger partial charge in [0, 0.05) is 19.3 Å². The fraction of sp³-hybridized carbons (Fsp3) is 0.773. The number of carbonyl (C=O) groups excluding carboxylic acids is 3. The highest BCUT2D eigenvalue weighted by Crippen LogP contribution is 2.17. The van der Waals surface area contributed by atoms with Crippen LogP contribution in [0.15, 0.2) is 85.1 Å². The Labute approximate surface area is 503 Å². The number of hydrogen-bond acceptors (Lipinski definition) is 6. The molecule has 1 unspecified atom stereocenters. The third kappa shape index (κ3) is 67.3. The Bertz CT molecular complexity index is 1530. The predicted octanol–water partition coefficient (Wildman–Crippen LogP) is 24.2.